The average molecular weight is 271 g/mol. The second-order valence-electron chi connectivity index (χ2n) is 4.87. The smallest absolute Gasteiger partial charge is 0.398 e. The molecular weight excluding hydrogens is 252 g/mol. The van der Waals surface area contributed by atoms with E-state index in [9.17, 15) is 8.78 Å². The maximum Gasteiger partial charge on any atom is 0.586 e. The predicted molar refractivity (Wildman–Crippen MR) is 69.6 cm³/mol. The molecule has 0 radical (unpaired) electrons. The molecule has 0 unspecified atom stereocenters. The average Bonchev–Trinajstić information content (AvgIpc) is 2.63. The van der Waals surface area contributed by atoms with Crippen molar-refractivity contribution in [2.24, 2.45) is 0 Å². The highest BCUT2D eigenvalue weighted by molar-refractivity contribution is 5.63. The van der Waals surface area contributed by atoms with E-state index in [1.165, 1.54) is 12.5 Å². The molecule has 0 aliphatic carbocycles. The first-order chi connectivity index (χ1) is 8.94. The minimum absolute atomic E-state index is 0.0253. The lowest BCUT2D eigenvalue weighted by Crippen LogP contribution is -2.26. The van der Waals surface area contributed by atoms with Crippen LogP contribution in [0.5, 0.6) is 11.5 Å². The van der Waals surface area contributed by atoms with E-state index in [0.717, 1.165) is 31.2 Å². The molecule has 0 saturated heterocycles. The molecule has 0 spiro atoms. The molecular formula is C14H19F2NO2. The van der Waals surface area contributed by atoms with Gasteiger partial charge in [0.05, 0.1) is 0 Å². The SMILES string of the molecule is CCCCCCc1c(N)cc2c(c1C)OC(F)(F)O2. The number of nitrogens with two attached hydrogens (primary N) is 1. The lowest BCUT2D eigenvalue weighted by atomic mass is 9.98. The number of halogens is 2. The molecule has 0 aromatic heterocycles. The zero-order valence-electron chi connectivity index (χ0n) is 11.3. The van der Waals surface area contributed by atoms with Gasteiger partial charge in [0.15, 0.2) is 11.5 Å². The van der Waals surface area contributed by atoms with E-state index in [2.05, 4.69) is 16.4 Å². The number of benzene rings is 1. The van der Waals surface area contributed by atoms with Gasteiger partial charge in [-0.1, -0.05) is 26.2 Å². The van der Waals surface area contributed by atoms with E-state index >= 15 is 0 Å². The van der Waals surface area contributed by atoms with Crippen LogP contribution in [0, 0.1) is 6.92 Å². The Kier molecular flexibility index (Phi) is 3.83. The Labute approximate surface area is 111 Å². The van der Waals surface area contributed by atoms with Crippen molar-refractivity contribution >= 4 is 5.69 Å². The van der Waals surface area contributed by atoms with Gasteiger partial charge in [-0.15, -0.1) is 8.78 Å². The van der Waals surface area contributed by atoms with Crippen molar-refractivity contribution in [2.75, 3.05) is 5.73 Å². The predicted octanol–water partition coefficient (Wildman–Crippen LogP) is 4.02. The molecule has 0 bridgehead atoms. The van der Waals surface area contributed by atoms with Crippen molar-refractivity contribution < 1.29 is 18.3 Å². The Balaban J connectivity index is 2.18. The molecule has 0 atom stereocenters. The zero-order chi connectivity index (χ0) is 14.0. The summed E-state index contributed by atoms with van der Waals surface area (Å²) >= 11 is 0. The lowest BCUT2D eigenvalue weighted by molar-refractivity contribution is -0.286. The van der Waals surface area contributed by atoms with Gasteiger partial charge in [0.2, 0.25) is 0 Å². The Morgan fingerprint density at radius 2 is 1.95 bits per heavy atom. The first-order valence-electron chi connectivity index (χ1n) is 6.62. The van der Waals surface area contributed by atoms with E-state index in [0.29, 0.717) is 11.3 Å². The topological polar surface area (TPSA) is 44.5 Å². The van der Waals surface area contributed by atoms with Crippen LogP contribution in [-0.2, 0) is 6.42 Å². The van der Waals surface area contributed by atoms with Crippen LogP contribution in [0.25, 0.3) is 0 Å². The number of hydrogen-bond donors (Lipinski definition) is 1. The van der Waals surface area contributed by atoms with Gasteiger partial charge in [-0.05, 0) is 25.3 Å². The molecule has 3 nitrogen and oxygen atoms in total. The molecule has 0 saturated carbocycles. The van der Waals surface area contributed by atoms with Crippen LogP contribution in [0.15, 0.2) is 6.07 Å². The summed E-state index contributed by atoms with van der Waals surface area (Å²) in [5.74, 6) is 0.141. The molecule has 1 aliphatic rings. The maximum absolute atomic E-state index is 13.0. The van der Waals surface area contributed by atoms with E-state index in [1.54, 1.807) is 6.92 Å². The van der Waals surface area contributed by atoms with Crippen LogP contribution >= 0.6 is 0 Å². The third-order valence-electron chi connectivity index (χ3n) is 3.38. The zero-order valence-corrected chi connectivity index (χ0v) is 11.3. The van der Waals surface area contributed by atoms with Gasteiger partial charge in [0.1, 0.15) is 0 Å². The van der Waals surface area contributed by atoms with Crippen molar-refractivity contribution in [1.82, 2.24) is 0 Å². The van der Waals surface area contributed by atoms with Crippen LogP contribution in [0.2, 0.25) is 0 Å². The second-order valence-corrected chi connectivity index (χ2v) is 4.87. The number of alkyl halides is 2. The normalized spacial score (nSPS) is 15.8. The van der Waals surface area contributed by atoms with E-state index in [-0.39, 0.29) is 11.5 Å². The molecule has 2 N–H and O–H groups in total. The quantitative estimate of drug-likeness (QED) is 0.649. The number of fused-ring (bicyclic) bond motifs is 1. The highest BCUT2D eigenvalue weighted by Crippen LogP contribution is 2.46. The number of rotatable bonds is 5. The summed E-state index contributed by atoms with van der Waals surface area (Å²) in [7, 11) is 0. The molecule has 0 fully saturated rings. The first kappa shape index (κ1) is 13.9. The summed E-state index contributed by atoms with van der Waals surface area (Å²) in [5.41, 5.74) is 7.95. The fraction of sp³-hybridized carbons (Fsp3) is 0.571. The van der Waals surface area contributed by atoms with E-state index < -0.39 is 6.29 Å². The maximum atomic E-state index is 13.0. The van der Waals surface area contributed by atoms with Gasteiger partial charge in [-0.2, -0.15) is 0 Å². The standard InChI is InChI=1S/C14H19F2NO2/c1-3-4-5-6-7-10-9(2)13-12(8-11(10)17)18-14(15,16)19-13/h8H,3-7,17H2,1-2H3. The highest BCUT2D eigenvalue weighted by Gasteiger charge is 2.44. The molecule has 1 aromatic rings. The van der Waals surface area contributed by atoms with Gasteiger partial charge < -0.3 is 15.2 Å². The molecule has 106 valence electrons. The Bertz CT molecular complexity index is 475. The van der Waals surface area contributed by atoms with Gasteiger partial charge >= 0.3 is 6.29 Å². The van der Waals surface area contributed by atoms with Crippen LogP contribution in [-0.4, -0.2) is 6.29 Å². The number of nitrogen functional groups attached to an aromatic ring is 1. The minimum Gasteiger partial charge on any atom is -0.398 e. The molecule has 19 heavy (non-hydrogen) atoms. The summed E-state index contributed by atoms with van der Waals surface area (Å²) in [6, 6.07) is 1.43. The summed E-state index contributed by atoms with van der Waals surface area (Å²) in [6.45, 7) is 3.89. The first-order valence-corrected chi connectivity index (χ1v) is 6.62. The van der Waals surface area contributed by atoms with Gasteiger partial charge in [0.25, 0.3) is 0 Å². The van der Waals surface area contributed by atoms with Crippen molar-refractivity contribution in [3.63, 3.8) is 0 Å². The molecule has 1 heterocycles. The lowest BCUT2D eigenvalue weighted by Gasteiger charge is -2.11. The van der Waals surface area contributed by atoms with Gasteiger partial charge in [-0.25, -0.2) is 0 Å². The van der Waals surface area contributed by atoms with Gasteiger partial charge in [-0.3, -0.25) is 0 Å². The largest absolute Gasteiger partial charge is 0.586 e. The van der Waals surface area contributed by atoms with Crippen molar-refractivity contribution in [2.45, 2.75) is 52.2 Å². The molecule has 0 amide bonds. The number of ether oxygens (including phenoxy) is 2. The molecule has 2 rings (SSSR count). The van der Waals surface area contributed by atoms with Crippen LogP contribution in [0.3, 0.4) is 0 Å². The number of hydrogen-bond acceptors (Lipinski definition) is 3. The van der Waals surface area contributed by atoms with Crippen molar-refractivity contribution in [1.29, 1.82) is 0 Å². The van der Waals surface area contributed by atoms with E-state index in [1.807, 2.05) is 0 Å². The summed E-state index contributed by atoms with van der Waals surface area (Å²) < 4.78 is 35.1. The Morgan fingerprint density at radius 3 is 2.63 bits per heavy atom. The van der Waals surface area contributed by atoms with Gasteiger partial charge in [0, 0.05) is 17.3 Å². The number of anilines is 1. The highest BCUT2D eigenvalue weighted by atomic mass is 19.3. The fourth-order valence-corrected chi connectivity index (χ4v) is 2.36. The number of unbranched alkanes of at least 4 members (excludes halogenated alkanes) is 3. The van der Waals surface area contributed by atoms with Crippen molar-refractivity contribution in [3.05, 3.63) is 17.2 Å². The van der Waals surface area contributed by atoms with Crippen LogP contribution in [0.1, 0.15) is 43.7 Å². The third-order valence-corrected chi connectivity index (χ3v) is 3.38. The summed E-state index contributed by atoms with van der Waals surface area (Å²) in [4.78, 5) is 0. The fourth-order valence-electron chi connectivity index (χ4n) is 2.36. The Hall–Kier alpha value is -1.52. The van der Waals surface area contributed by atoms with Crippen LogP contribution in [0.4, 0.5) is 14.5 Å². The third kappa shape index (κ3) is 2.91. The summed E-state index contributed by atoms with van der Waals surface area (Å²) in [5, 5.41) is 0. The van der Waals surface area contributed by atoms with Crippen molar-refractivity contribution in [3.8, 4) is 11.5 Å². The van der Waals surface area contributed by atoms with Crippen LogP contribution < -0.4 is 15.2 Å². The Morgan fingerprint density at radius 1 is 1.21 bits per heavy atom. The summed E-state index contributed by atoms with van der Waals surface area (Å²) in [6.07, 6.45) is 1.62. The second kappa shape index (κ2) is 5.23. The molecule has 1 aliphatic heterocycles. The van der Waals surface area contributed by atoms with E-state index in [4.69, 9.17) is 5.73 Å². The monoisotopic (exact) mass is 271 g/mol. The minimum atomic E-state index is -3.58. The molecule has 1 aromatic carbocycles. The molecule has 5 heteroatoms.